The molecular formula is C24H21ClN2O2S2. The van der Waals surface area contributed by atoms with Crippen LogP contribution in [0.2, 0.25) is 5.02 Å². The molecule has 4 rings (SSSR count). The van der Waals surface area contributed by atoms with Gasteiger partial charge in [-0.1, -0.05) is 29.3 Å². The van der Waals surface area contributed by atoms with Crippen molar-refractivity contribution in [2.75, 3.05) is 6.26 Å². The number of rotatable bonds is 6. The van der Waals surface area contributed by atoms with Crippen LogP contribution >= 0.6 is 23.4 Å². The fourth-order valence-corrected chi connectivity index (χ4v) is 4.68. The molecule has 0 atom stereocenters. The fourth-order valence-electron chi connectivity index (χ4n) is 3.14. The zero-order valence-corrected chi connectivity index (χ0v) is 19.5. The summed E-state index contributed by atoms with van der Waals surface area (Å²) in [4.78, 5) is 6.35. The number of benzene rings is 3. The average Bonchev–Trinajstić information content (AvgIpc) is 3.18. The van der Waals surface area contributed by atoms with E-state index in [0.717, 1.165) is 28.5 Å². The number of thioether (sulfide) groups is 1. The van der Waals surface area contributed by atoms with Gasteiger partial charge in [-0.05, 0) is 67.6 Å². The maximum Gasteiger partial charge on any atom is 0.175 e. The van der Waals surface area contributed by atoms with E-state index >= 15 is 0 Å². The summed E-state index contributed by atoms with van der Waals surface area (Å²) in [5, 5.41) is 0.662. The van der Waals surface area contributed by atoms with Gasteiger partial charge in [-0.25, -0.2) is 13.4 Å². The maximum absolute atomic E-state index is 11.8. The number of halogens is 1. The molecule has 4 nitrogen and oxygen atoms in total. The number of hydrogen-bond donors (Lipinski definition) is 0. The summed E-state index contributed by atoms with van der Waals surface area (Å²) in [6.45, 7) is 2.07. The van der Waals surface area contributed by atoms with Gasteiger partial charge < -0.3 is 0 Å². The molecule has 0 saturated heterocycles. The topological polar surface area (TPSA) is 52.0 Å². The molecule has 1 heterocycles. The average molecular weight is 469 g/mol. The summed E-state index contributed by atoms with van der Waals surface area (Å²) >= 11 is 7.79. The van der Waals surface area contributed by atoms with Crippen molar-refractivity contribution in [3.8, 4) is 17.1 Å². The quantitative estimate of drug-likeness (QED) is 0.316. The second kappa shape index (κ2) is 8.91. The molecule has 0 unspecified atom stereocenters. The first-order valence-electron chi connectivity index (χ1n) is 9.64. The van der Waals surface area contributed by atoms with Crippen molar-refractivity contribution in [3.63, 3.8) is 0 Å². The molecule has 0 N–H and O–H groups in total. The molecule has 0 aliphatic heterocycles. The van der Waals surface area contributed by atoms with Crippen LogP contribution in [0.4, 0.5) is 0 Å². The van der Waals surface area contributed by atoms with Crippen molar-refractivity contribution in [1.82, 2.24) is 9.55 Å². The summed E-state index contributed by atoms with van der Waals surface area (Å²) in [6, 6.07) is 22.8. The molecule has 0 aliphatic carbocycles. The van der Waals surface area contributed by atoms with Crippen molar-refractivity contribution < 1.29 is 8.42 Å². The van der Waals surface area contributed by atoms with Gasteiger partial charge in [-0.2, -0.15) is 0 Å². The molecule has 0 bridgehead atoms. The van der Waals surface area contributed by atoms with E-state index in [0.29, 0.717) is 9.92 Å². The second-order valence-corrected chi connectivity index (χ2v) is 10.8. The SMILES string of the molecule is Cc1ccc(SCc2cn(-c3ccc(S(C)(=O)=O)cc3)c(-c3ccc(Cl)cc3)n2)cc1. The fraction of sp³-hybridized carbons (Fsp3) is 0.125. The van der Waals surface area contributed by atoms with Gasteiger partial charge in [0.2, 0.25) is 0 Å². The summed E-state index contributed by atoms with van der Waals surface area (Å²) in [5.74, 6) is 1.50. The molecule has 0 spiro atoms. The smallest absolute Gasteiger partial charge is 0.175 e. The van der Waals surface area contributed by atoms with Gasteiger partial charge >= 0.3 is 0 Å². The Hall–Kier alpha value is -2.54. The normalized spacial score (nSPS) is 11.6. The van der Waals surface area contributed by atoms with E-state index in [1.54, 1.807) is 36.0 Å². The first-order valence-corrected chi connectivity index (χ1v) is 12.9. The van der Waals surface area contributed by atoms with Crippen molar-refractivity contribution in [2.24, 2.45) is 0 Å². The Morgan fingerprint density at radius 2 is 1.58 bits per heavy atom. The Balaban J connectivity index is 1.70. The van der Waals surface area contributed by atoms with Gasteiger partial charge in [0.15, 0.2) is 9.84 Å². The van der Waals surface area contributed by atoms with Crippen molar-refractivity contribution in [1.29, 1.82) is 0 Å². The Kier molecular flexibility index (Phi) is 6.23. The third kappa shape index (κ3) is 5.21. The van der Waals surface area contributed by atoms with Crippen LogP contribution in [-0.4, -0.2) is 24.2 Å². The van der Waals surface area contributed by atoms with Gasteiger partial charge in [0.1, 0.15) is 5.82 Å². The first kappa shape index (κ1) is 21.7. The van der Waals surface area contributed by atoms with E-state index in [9.17, 15) is 8.42 Å². The van der Waals surface area contributed by atoms with Crippen LogP contribution < -0.4 is 0 Å². The minimum atomic E-state index is -3.25. The molecular weight excluding hydrogens is 448 g/mol. The number of aryl methyl sites for hydroxylation is 1. The standard InChI is InChI=1S/C24H21ClN2O2S2/c1-17-3-11-22(12-4-17)30-16-20-15-27(21-9-13-23(14-10-21)31(2,28)29)24(26-20)18-5-7-19(25)8-6-18/h3-15H,16H2,1-2H3. The highest BCUT2D eigenvalue weighted by Gasteiger charge is 2.14. The lowest BCUT2D eigenvalue weighted by Crippen LogP contribution is -1.99. The molecule has 4 aromatic rings. The molecule has 7 heteroatoms. The third-order valence-corrected chi connectivity index (χ3v) is 7.24. The highest BCUT2D eigenvalue weighted by atomic mass is 35.5. The summed E-state index contributed by atoms with van der Waals surface area (Å²) < 4.78 is 25.6. The minimum absolute atomic E-state index is 0.291. The zero-order chi connectivity index (χ0) is 22.0. The Morgan fingerprint density at radius 3 is 2.19 bits per heavy atom. The van der Waals surface area contributed by atoms with E-state index in [1.807, 2.05) is 35.0 Å². The van der Waals surface area contributed by atoms with E-state index in [2.05, 4.69) is 31.2 Å². The maximum atomic E-state index is 11.8. The lowest BCUT2D eigenvalue weighted by molar-refractivity contribution is 0.602. The van der Waals surface area contributed by atoms with Crippen molar-refractivity contribution >= 4 is 33.2 Å². The van der Waals surface area contributed by atoms with E-state index in [4.69, 9.17) is 16.6 Å². The van der Waals surface area contributed by atoms with Crippen molar-refractivity contribution in [2.45, 2.75) is 22.5 Å². The zero-order valence-electron chi connectivity index (χ0n) is 17.1. The molecule has 3 aromatic carbocycles. The molecule has 31 heavy (non-hydrogen) atoms. The largest absolute Gasteiger partial charge is 0.299 e. The Morgan fingerprint density at radius 1 is 0.935 bits per heavy atom. The number of nitrogens with zero attached hydrogens (tertiary/aromatic N) is 2. The highest BCUT2D eigenvalue weighted by molar-refractivity contribution is 7.98. The van der Waals surface area contributed by atoms with Gasteiger partial charge in [0.05, 0.1) is 10.6 Å². The third-order valence-electron chi connectivity index (χ3n) is 4.81. The number of aromatic nitrogens is 2. The summed E-state index contributed by atoms with van der Waals surface area (Å²) in [6.07, 6.45) is 3.21. The van der Waals surface area contributed by atoms with Crippen LogP contribution in [0.3, 0.4) is 0 Å². The van der Waals surface area contributed by atoms with Gasteiger partial charge in [-0.3, -0.25) is 4.57 Å². The predicted octanol–water partition coefficient (Wildman–Crippen LogP) is 6.20. The molecule has 0 amide bonds. The molecule has 0 aliphatic rings. The summed E-state index contributed by atoms with van der Waals surface area (Å²) in [7, 11) is -3.25. The monoisotopic (exact) mass is 468 g/mol. The highest BCUT2D eigenvalue weighted by Crippen LogP contribution is 2.28. The van der Waals surface area contributed by atoms with Crippen LogP contribution in [0, 0.1) is 6.92 Å². The van der Waals surface area contributed by atoms with Crippen LogP contribution in [0.1, 0.15) is 11.3 Å². The summed E-state index contributed by atoms with van der Waals surface area (Å²) in [5.41, 5.74) is 3.94. The van der Waals surface area contributed by atoms with Gasteiger partial charge in [0, 0.05) is 39.4 Å². The molecule has 0 saturated carbocycles. The number of imidazole rings is 1. The lowest BCUT2D eigenvalue weighted by atomic mass is 10.2. The van der Waals surface area contributed by atoms with E-state index < -0.39 is 9.84 Å². The van der Waals surface area contributed by atoms with Crippen LogP contribution in [0.5, 0.6) is 0 Å². The number of sulfone groups is 1. The Bertz CT molecular complexity index is 1300. The van der Waals surface area contributed by atoms with Gasteiger partial charge in [-0.15, -0.1) is 11.8 Å². The lowest BCUT2D eigenvalue weighted by Gasteiger charge is -2.09. The van der Waals surface area contributed by atoms with Gasteiger partial charge in [0.25, 0.3) is 0 Å². The minimum Gasteiger partial charge on any atom is -0.299 e. The molecule has 158 valence electrons. The van der Waals surface area contributed by atoms with Crippen LogP contribution in [0.25, 0.3) is 17.1 Å². The molecule has 0 radical (unpaired) electrons. The van der Waals surface area contributed by atoms with Crippen LogP contribution in [0.15, 0.2) is 88.8 Å². The van der Waals surface area contributed by atoms with E-state index in [1.165, 1.54) is 16.7 Å². The Labute approximate surface area is 191 Å². The van der Waals surface area contributed by atoms with E-state index in [-0.39, 0.29) is 0 Å². The van der Waals surface area contributed by atoms with Crippen LogP contribution in [-0.2, 0) is 15.6 Å². The number of hydrogen-bond acceptors (Lipinski definition) is 4. The first-order chi connectivity index (χ1) is 14.8. The molecule has 1 aromatic heterocycles. The molecule has 0 fully saturated rings. The van der Waals surface area contributed by atoms with Crippen molar-refractivity contribution in [3.05, 3.63) is 95.3 Å². The predicted molar refractivity (Wildman–Crippen MR) is 128 cm³/mol. The second-order valence-electron chi connectivity index (χ2n) is 7.30.